The van der Waals surface area contributed by atoms with Gasteiger partial charge in [-0.2, -0.15) is 0 Å². The Morgan fingerprint density at radius 3 is 2.65 bits per heavy atom. The number of thiophene rings is 1. The fourth-order valence-corrected chi connectivity index (χ4v) is 3.47. The molecule has 1 atom stereocenters. The third kappa shape index (κ3) is 3.53. The van der Waals surface area contributed by atoms with Crippen LogP contribution in [0.5, 0.6) is 11.5 Å². The molecule has 3 nitrogen and oxygen atoms in total. The summed E-state index contributed by atoms with van der Waals surface area (Å²) in [6.45, 7) is 0. The van der Waals surface area contributed by atoms with Gasteiger partial charge in [-0.1, -0.05) is 15.9 Å². The summed E-state index contributed by atoms with van der Waals surface area (Å²) in [5.74, 6) is 1.82. The van der Waals surface area contributed by atoms with Crippen molar-refractivity contribution in [3.63, 3.8) is 0 Å². The molecule has 0 saturated heterocycles. The van der Waals surface area contributed by atoms with E-state index in [1.807, 2.05) is 24.6 Å². The maximum atomic E-state index is 5.44. The van der Waals surface area contributed by atoms with Crippen LogP contribution in [0, 0.1) is 0 Å². The Morgan fingerprint density at radius 1 is 1.25 bits per heavy atom. The number of hydrogen-bond acceptors (Lipinski definition) is 4. The zero-order valence-electron chi connectivity index (χ0n) is 11.8. The van der Waals surface area contributed by atoms with Gasteiger partial charge in [0.25, 0.3) is 0 Å². The van der Waals surface area contributed by atoms with E-state index >= 15 is 0 Å². The third-order valence-corrected chi connectivity index (χ3v) is 4.71. The predicted octanol–water partition coefficient (Wildman–Crippen LogP) is 4.03. The Labute approximate surface area is 132 Å². The molecule has 1 unspecified atom stereocenters. The van der Waals surface area contributed by atoms with Crippen molar-refractivity contribution in [2.45, 2.75) is 12.5 Å². The van der Waals surface area contributed by atoms with Crippen LogP contribution in [0.25, 0.3) is 0 Å². The molecule has 0 aliphatic rings. The van der Waals surface area contributed by atoms with E-state index in [9.17, 15) is 0 Å². The largest absolute Gasteiger partial charge is 0.496 e. The van der Waals surface area contributed by atoms with Gasteiger partial charge in [0.05, 0.1) is 14.2 Å². The first kappa shape index (κ1) is 15.4. The van der Waals surface area contributed by atoms with Crippen molar-refractivity contribution in [3.8, 4) is 11.5 Å². The molecule has 0 radical (unpaired) electrons. The van der Waals surface area contributed by atoms with Crippen molar-refractivity contribution in [3.05, 3.63) is 44.6 Å². The average molecular weight is 356 g/mol. The Hall–Kier alpha value is -1.04. The standard InChI is InChI=1S/C15H18BrNO2S/c1-17-13(15-8-12(18-2)9-20-15)7-10-6-11(16)4-5-14(10)19-3/h4-6,8-9,13,17H,7H2,1-3H3. The normalized spacial score (nSPS) is 12.2. The van der Waals surface area contributed by atoms with E-state index in [0.717, 1.165) is 22.4 Å². The summed E-state index contributed by atoms with van der Waals surface area (Å²) in [6.07, 6.45) is 0.864. The van der Waals surface area contributed by atoms with Crippen LogP contribution in [0.1, 0.15) is 16.5 Å². The fourth-order valence-electron chi connectivity index (χ4n) is 2.10. The van der Waals surface area contributed by atoms with E-state index in [2.05, 4.69) is 33.4 Å². The lowest BCUT2D eigenvalue weighted by Crippen LogP contribution is -2.18. The van der Waals surface area contributed by atoms with Gasteiger partial charge in [-0.05, 0) is 43.3 Å². The third-order valence-electron chi connectivity index (χ3n) is 3.19. The first-order chi connectivity index (χ1) is 9.67. The van der Waals surface area contributed by atoms with E-state index in [0.29, 0.717) is 0 Å². The summed E-state index contributed by atoms with van der Waals surface area (Å²) in [5.41, 5.74) is 1.17. The number of ether oxygens (including phenoxy) is 2. The summed E-state index contributed by atoms with van der Waals surface area (Å²) in [5, 5.41) is 5.38. The van der Waals surface area contributed by atoms with Gasteiger partial charge < -0.3 is 14.8 Å². The highest BCUT2D eigenvalue weighted by Gasteiger charge is 2.15. The van der Waals surface area contributed by atoms with Gasteiger partial charge in [0.15, 0.2) is 0 Å². The highest BCUT2D eigenvalue weighted by atomic mass is 79.9. The quantitative estimate of drug-likeness (QED) is 0.848. The lowest BCUT2D eigenvalue weighted by molar-refractivity contribution is 0.406. The van der Waals surface area contributed by atoms with Crippen molar-refractivity contribution in [1.29, 1.82) is 0 Å². The van der Waals surface area contributed by atoms with Crippen LogP contribution in [-0.4, -0.2) is 21.3 Å². The molecule has 0 amide bonds. The topological polar surface area (TPSA) is 30.5 Å². The SMILES string of the molecule is CNC(Cc1cc(Br)ccc1OC)c1cc(OC)cs1. The molecule has 2 rings (SSSR count). The van der Waals surface area contributed by atoms with Gasteiger partial charge in [-0.15, -0.1) is 11.3 Å². The van der Waals surface area contributed by atoms with Crippen LogP contribution in [0.15, 0.2) is 34.1 Å². The summed E-state index contributed by atoms with van der Waals surface area (Å²) >= 11 is 5.22. The van der Waals surface area contributed by atoms with Gasteiger partial charge in [0.2, 0.25) is 0 Å². The predicted molar refractivity (Wildman–Crippen MR) is 87.1 cm³/mol. The molecule has 0 saturated carbocycles. The van der Waals surface area contributed by atoms with Crippen molar-refractivity contribution in [1.82, 2.24) is 5.32 Å². The average Bonchev–Trinajstić information content (AvgIpc) is 2.93. The van der Waals surface area contributed by atoms with Gasteiger partial charge in [-0.25, -0.2) is 0 Å². The Morgan fingerprint density at radius 2 is 2.05 bits per heavy atom. The molecular formula is C15H18BrNO2S. The monoisotopic (exact) mass is 355 g/mol. The second-order valence-corrected chi connectivity index (χ2v) is 6.25. The summed E-state index contributed by atoms with van der Waals surface area (Å²) in [4.78, 5) is 1.26. The molecule has 0 spiro atoms. The zero-order chi connectivity index (χ0) is 14.5. The molecular weight excluding hydrogens is 338 g/mol. The van der Waals surface area contributed by atoms with E-state index in [1.165, 1.54) is 10.4 Å². The highest BCUT2D eigenvalue weighted by molar-refractivity contribution is 9.10. The second kappa shape index (κ2) is 7.11. The minimum absolute atomic E-state index is 0.243. The molecule has 1 heterocycles. The lowest BCUT2D eigenvalue weighted by atomic mass is 10.0. The number of rotatable bonds is 6. The van der Waals surface area contributed by atoms with Crippen molar-refractivity contribution in [2.75, 3.05) is 21.3 Å². The van der Waals surface area contributed by atoms with E-state index in [1.54, 1.807) is 25.6 Å². The minimum Gasteiger partial charge on any atom is -0.496 e. The van der Waals surface area contributed by atoms with Crippen LogP contribution in [0.4, 0.5) is 0 Å². The molecule has 0 fully saturated rings. The number of methoxy groups -OCH3 is 2. The molecule has 20 heavy (non-hydrogen) atoms. The van der Waals surface area contributed by atoms with Crippen LogP contribution < -0.4 is 14.8 Å². The van der Waals surface area contributed by atoms with Gasteiger partial charge in [-0.3, -0.25) is 0 Å². The maximum Gasteiger partial charge on any atom is 0.129 e. The number of halogens is 1. The maximum absolute atomic E-state index is 5.44. The summed E-state index contributed by atoms with van der Waals surface area (Å²) in [7, 11) is 5.37. The number of likely N-dealkylation sites (N-methyl/N-ethyl adjacent to an activating group) is 1. The van der Waals surface area contributed by atoms with Crippen LogP contribution in [-0.2, 0) is 6.42 Å². The molecule has 0 aliphatic heterocycles. The molecule has 1 aromatic carbocycles. The van der Waals surface area contributed by atoms with Crippen molar-refractivity contribution < 1.29 is 9.47 Å². The first-order valence-electron chi connectivity index (χ1n) is 6.30. The van der Waals surface area contributed by atoms with E-state index in [-0.39, 0.29) is 6.04 Å². The molecule has 1 aromatic heterocycles. The van der Waals surface area contributed by atoms with Gasteiger partial charge in [0.1, 0.15) is 11.5 Å². The van der Waals surface area contributed by atoms with Crippen molar-refractivity contribution >= 4 is 27.3 Å². The van der Waals surface area contributed by atoms with Crippen LogP contribution in [0.2, 0.25) is 0 Å². The lowest BCUT2D eigenvalue weighted by Gasteiger charge is -2.17. The first-order valence-corrected chi connectivity index (χ1v) is 7.97. The van der Waals surface area contributed by atoms with Gasteiger partial charge in [0, 0.05) is 20.8 Å². The minimum atomic E-state index is 0.243. The summed E-state index contributed by atoms with van der Waals surface area (Å²) in [6, 6.07) is 8.41. The zero-order valence-corrected chi connectivity index (χ0v) is 14.2. The number of nitrogens with one attached hydrogen (secondary N) is 1. The van der Waals surface area contributed by atoms with Crippen LogP contribution in [0.3, 0.4) is 0 Å². The van der Waals surface area contributed by atoms with Gasteiger partial charge >= 0.3 is 0 Å². The number of benzene rings is 1. The van der Waals surface area contributed by atoms with E-state index < -0.39 is 0 Å². The molecule has 0 aliphatic carbocycles. The Bertz CT molecular complexity index is 571. The highest BCUT2D eigenvalue weighted by Crippen LogP contribution is 2.32. The molecule has 1 N–H and O–H groups in total. The fraction of sp³-hybridized carbons (Fsp3) is 0.333. The summed E-state index contributed by atoms with van der Waals surface area (Å²) < 4.78 is 11.8. The van der Waals surface area contributed by atoms with Crippen molar-refractivity contribution in [2.24, 2.45) is 0 Å². The number of hydrogen-bond donors (Lipinski definition) is 1. The smallest absolute Gasteiger partial charge is 0.129 e. The van der Waals surface area contributed by atoms with E-state index in [4.69, 9.17) is 9.47 Å². The molecule has 2 aromatic rings. The molecule has 108 valence electrons. The Balaban J connectivity index is 2.23. The Kier molecular flexibility index (Phi) is 5.46. The second-order valence-electron chi connectivity index (χ2n) is 4.39. The van der Waals surface area contributed by atoms with Crippen LogP contribution >= 0.6 is 27.3 Å². The molecule has 5 heteroatoms. The molecule has 0 bridgehead atoms.